The van der Waals surface area contributed by atoms with E-state index in [0.29, 0.717) is 11.3 Å². The molecule has 1 aliphatic carbocycles. The van der Waals surface area contributed by atoms with Crippen LogP contribution < -0.4 is 16.0 Å². The molecular formula is C16H20N4O. The van der Waals surface area contributed by atoms with Gasteiger partial charge in [0.2, 0.25) is 0 Å². The number of nitrogens with zero attached hydrogens (tertiary/aromatic N) is 1. The topological polar surface area (TPSA) is 77.0 Å². The van der Waals surface area contributed by atoms with Gasteiger partial charge in [0.25, 0.3) is 0 Å². The van der Waals surface area contributed by atoms with Gasteiger partial charge in [0.15, 0.2) is 0 Å². The lowest BCUT2D eigenvalue weighted by Crippen LogP contribution is -2.60. The van der Waals surface area contributed by atoms with E-state index in [-0.39, 0.29) is 17.6 Å². The zero-order valence-electron chi connectivity index (χ0n) is 12.0. The van der Waals surface area contributed by atoms with E-state index in [0.717, 1.165) is 19.4 Å². The van der Waals surface area contributed by atoms with Gasteiger partial charge in [-0.25, -0.2) is 4.79 Å². The molecule has 0 radical (unpaired) electrons. The summed E-state index contributed by atoms with van der Waals surface area (Å²) < 4.78 is 0. The van der Waals surface area contributed by atoms with E-state index in [4.69, 9.17) is 5.26 Å². The molecule has 1 unspecified atom stereocenters. The van der Waals surface area contributed by atoms with Crippen LogP contribution in [0.4, 0.5) is 10.5 Å². The van der Waals surface area contributed by atoms with Crippen molar-refractivity contribution in [3.63, 3.8) is 0 Å². The number of carbonyl (C=O) groups is 1. The summed E-state index contributed by atoms with van der Waals surface area (Å²) >= 11 is 0. The second-order valence-electron chi connectivity index (χ2n) is 6.04. The first-order valence-electron chi connectivity index (χ1n) is 7.52. The molecule has 1 spiro atoms. The van der Waals surface area contributed by atoms with E-state index in [9.17, 15) is 4.79 Å². The number of urea groups is 1. The number of carbonyl (C=O) groups excluding carboxylic acids is 1. The van der Waals surface area contributed by atoms with Crippen molar-refractivity contribution in [2.75, 3.05) is 11.9 Å². The van der Waals surface area contributed by atoms with Crippen LogP contribution in [0.2, 0.25) is 0 Å². The van der Waals surface area contributed by atoms with Gasteiger partial charge in [-0.1, -0.05) is 6.07 Å². The lowest BCUT2D eigenvalue weighted by Gasteiger charge is -2.48. The van der Waals surface area contributed by atoms with Gasteiger partial charge in [0, 0.05) is 17.3 Å². The monoisotopic (exact) mass is 284 g/mol. The number of amides is 2. The predicted octanol–water partition coefficient (Wildman–Crippen LogP) is 2.35. The number of hydrogen-bond donors (Lipinski definition) is 3. The largest absolute Gasteiger partial charge is 0.335 e. The first-order chi connectivity index (χ1) is 10.2. The number of benzene rings is 1. The van der Waals surface area contributed by atoms with Crippen molar-refractivity contribution in [3.05, 3.63) is 29.8 Å². The van der Waals surface area contributed by atoms with E-state index in [2.05, 4.69) is 22.0 Å². The molecule has 21 heavy (non-hydrogen) atoms. The summed E-state index contributed by atoms with van der Waals surface area (Å²) in [4.78, 5) is 12.1. The molecule has 1 saturated heterocycles. The van der Waals surface area contributed by atoms with Gasteiger partial charge in [-0.3, -0.25) is 0 Å². The third-order valence-electron chi connectivity index (χ3n) is 4.53. The number of nitriles is 1. The summed E-state index contributed by atoms with van der Waals surface area (Å²) in [5, 5.41) is 18.3. The van der Waals surface area contributed by atoms with Crippen molar-refractivity contribution in [2.45, 2.75) is 43.7 Å². The molecule has 1 heterocycles. The highest BCUT2D eigenvalue weighted by molar-refractivity contribution is 5.89. The minimum absolute atomic E-state index is 0.188. The second-order valence-corrected chi connectivity index (χ2v) is 6.04. The Morgan fingerprint density at radius 3 is 3.00 bits per heavy atom. The van der Waals surface area contributed by atoms with Crippen LogP contribution in [0.1, 0.15) is 37.7 Å². The number of piperidine rings is 1. The maximum absolute atomic E-state index is 12.1. The molecule has 3 rings (SSSR count). The third-order valence-corrected chi connectivity index (χ3v) is 4.53. The summed E-state index contributed by atoms with van der Waals surface area (Å²) in [5.74, 6) is 0. The fourth-order valence-electron chi connectivity index (χ4n) is 3.28. The highest BCUT2D eigenvalue weighted by atomic mass is 16.2. The predicted molar refractivity (Wildman–Crippen MR) is 80.9 cm³/mol. The van der Waals surface area contributed by atoms with Crippen molar-refractivity contribution >= 4 is 11.7 Å². The highest BCUT2D eigenvalue weighted by Gasteiger charge is 2.41. The average Bonchev–Trinajstić information content (AvgIpc) is 2.46. The Kier molecular flexibility index (Phi) is 3.80. The lowest BCUT2D eigenvalue weighted by molar-refractivity contribution is 0.122. The van der Waals surface area contributed by atoms with Crippen molar-refractivity contribution < 1.29 is 4.79 Å². The van der Waals surface area contributed by atoms with E-state index in [1.54, 1.807) is 24.3 Å². The first-order valence-corrected chi connectivity index (χ1v) is 7.52. The molecular weight excluding hydrogens is 264 g/mol. The molecule has 0 bridgehead atoms. The molecule has 2 amide bonds. The van der Waals surface area contributed by atoms with Gasteiger partial charge >= 0.3 is 6.03 Å². The standard InChI is InChI=1S/C16H20N4O/c17-11-12-3-1-4-13(9-12)19-15(21)20-14-5-8-18-16(10-14)6-2-7-16/h1,3-4,9,14,18H,2,5-8,10H2,(H2,19,20,21). The molecule has 1 aliphatic heterocycles. The third kappa shape index (κ3) is 3.17. The van der Waals surface area contributed by atoms with Gasteiger partial charge < -0.3 is 16.0 Å². The Balaban J connectivity index is 1.55. The SMILES string of the molecule is N#Cc1cccc(NC(=O)NC2CCNC3(CCC3)C2)c1. The number of nitrogens with one attached hydrogen (secondary N) is 3. The molecule has 0 aromatic heterocycles. The molecule has 3 N–H and O–H groups in total. The Hall–Kier alpha value is -2.06. The van der Waals surface area contributed by atoms with Crippen molar-refractivity contribution in [3.8, 4) is 6.07 Å². The van der Waals surface area contributed by atoms with E-state index < -0.39 is 0 Å². The van der Waals surface area contributed by atoms with Gasteiger partial charge in [-0.15, -0.1) is 0 Å². The number of anilines is 1. The molecule has 110 valence electrons. The fraction of sp³-hybridized carbons (Fsp3) is 0.500. The van der Waals surface area contributed by atoms with Crippen molar-refractivity contribution in [2.24, 2.45) is 0 Å². The number of hydrogen-bond acceptors (Lipinski definition) is 3. The highest BCUT2D eigenvalue weighted by Crippen LogP contribution is 2.38. The van der Waals surface area contributed by atoms with Crippen LogP contribution in [0.5, 0.6) is 0 Å². The van der Waals surface area contributed by atoms with Crippen LogP contribution >= 0.6 is 0 Å². The summed E-state index contributed by atoms with van der Waals surface area (Å²) in [7, 11) is 0. The minimum Gasteiger partial charge on any atom is -0.335 e. The van der Waals surface area contributed by atoms with Gasteiger partial charge in [-0.2, -0.15) is 5.26 Å². The molecule has 1 atom stereocenters. The Morgan fingerprint density at radius 1 is 1.43 bits per heavy atom. The average molecular weight is 284 g/mol. The van der Waals surface area contributed by atoms with Gasteiger partial charge in [0.1, 0.15) is 0 Å². The molecule has 2 fully saturated rings. The summed E-state index contributed by atoms with van der Waals surface area (Å²) in [6.07, 6.45) is 5.70. The zero-order valence-corrected chi connectivity index (χ0v) is 12.0. The van der Waals surface area contributed by atoms with Crippen LogP contribution in [-0.2, 0) is 0 Å². The molecule has 1 aromatic carbocycles. The molecule has 5 nitrogen and oxygen atoms in total. The van der Waals surface area contributed by atoms with E-state index in [1.165, 1.54) is 19.3 Å². The fourth-order valence-corrected chi connectivity index (χ4v) is 3.28. The zero-order chi connectivity index (χ0) is 14.7. The lowest BCUT2D eigenvalue weighted by atomic mass is 9.70. The van der Waals surface area contributed by atoms with Gasteiger partial charge in [0.05, 0.1) is 11.6 Å². The first kappa shape index (κ1) is 13.9. The minimum atomic E-state index is -0.188. The Labute approximate surface area is 124 Å². The van der Waals surface area contributed by atoms with Crippen LogP contribution in [-0.4, -0.2) is 24.2 Å². The van der Waals surface area contributed by atoms with Gasteiger partial charge in [-0.05, 0) is 56.8 Å². The molecule has 1 aromatic rings. The Bertz CT molecular complexity index is 574. The van der Waals surface area contributed by atoms with Crippen LogP contribution in [0.3, 0.4) is 0 Å². The molecule has 1 saturated carbocycles. The maximum Gasteiger partial charge on any atom is 0.319 e. The molecule has 2 aliphatic rings. The van der Waals surface area contributed by atoms with Crippen LogP contribution in [0, 0.1) is 11.3 Å². The second kappa shape index (κ2) is 5.74. The smallest absolute Gasteiger partial charge is 0.319 e. The summed E-state index contributed by atoms with van der Waals surface area (Å²) in [5.41, 5.74) is 1.47. The van der Waals surface area contributed by atoms with Crippen LogP contribution in [0.15, 0.2) is 24.3 Å². The summed E-state index contributed by atoms with van der Waals surface area (Å²) in [6, 6.07) is 9.06. The van der Waals surface area contributed by atoms with Crippen molar-refractivity contribution in [1.29, 1.82) is 5.26 Å². The number of rotatable bonds is 2. The van der Waals surface area contributed by atoms with Crippen molar-refractivity contribution in [1.82, 2.24) is 10.6 Å². The Morgan fingerprint density at radius 2 is 2.29 bits per heavy atom. The molecule has 5 heteroatoms. The van der Waals surface area contributed by atoms with E-state index in [1.807, 2.05) is 0 Å². The van der Waals surface area contributed by atoms with Crippen LogP contribution in [0.25, 0.3) is 0 Å². The van der Waals surface area contributed by atoms with E-state index >= 15 is 0 Å². The summed E-state index contributed by atoms with van der Waals surface area (Å²) in [6.45, 7) is 0.967. The normalized spacial score (nSPS) is 22.9. The maximum atomic E-state index is 12.1. The quantitative estimate of drug-likeness (QED) is 0.780.